The lowest BCUT2D eigenvalue weighted by atomic mass is 9.93. The predicted molar refractivity (Wildman–Crippen MR) is 81.9 cm³/mol. The lowest BCUT2D eigenvalue weighted by Gasteiger charge is -2.33. The summed E-state index contributed by atoms with van der Waals surface area (Å²) in [6.07, 6.45) is 3.55. The molecule has 1 aliphatic heterocycles. The van der Waals surface area contributed by atoms with Crippen molar-refractivity contribution >= 4 is 0 Å². The first-order valence-corrected chi connectivity index (χ1v) is 7.79. The van der Waals surface area contributed by atoms with Crippen molar-refractivity contribution in [2.75, 3.05) is 19.8 Å². The number of ether oxygens (including phenoxy) is 1. The molecule has 3 heteroatoms. The summed E-state index contributed by atoms with van der Waals surface area (Å²) in [6.45, 7) is 6.33. The van der Waals surface area contributed by atoms with Crippen molar-refractivity contribution in [2.24, 2.45) is 0 Å². The minimum atomic E-state index is -0.602. The number of nitrogens with one attached hydrogen (secondary N) is 1. The highest BCUT2D eigenvalue weighted by Crippen LogP contribution is 2.23. The molecule has 0 aliphatic carbocycles. The second kappa shape index (κ2) is 7.21. The van der Waals surface area contributed by atoms with Gasteiger partial charge in [-0.3, -0.25) is 0 Å². The van der Waals surface area contributed by atoms with Crippen LogP contribution in [0.4, 0.5) is 0 Å². The topological polar surface area (TPSA) is 41.5 Å². The summed E-state index contributed by atoms with van der Waals surface area (Å²) in [7, 11) is 0. The average Bonchev–Trinajstić information content (AvgIpc) is 2.49. The number of hydrogen-bond acceptors (Lipinski definition) is 3. The Morgan fingerprint density at radius 1 is 1.20 bits per heavy atom. The molecule has 0 bridgehead atoms. The molecule has 2 N–H and O–H groups in total. The van der Waals surface area contributed by atoms with Crippen LogP contribution in [0.2, 0.25) is 0 Å². The van der Waals surface area contributed by atoms with Gasteiger partial charge in [0.1, 0.15) is 0 Å². The van der Waals surface area contributed by atoms with Crippen molar-refractivity contribution in [3.63, 3.8) is 0 Å². The molecule has 1 aromatic carbocycles. The molecular weight excluding hydrogens is 250 g/mol. The van der Waals surface area contributed by atoms with E-state index in [0.29, 0.717) is 25.8 Å². The molecule has 0 aromatic heterocycles. The zero-order chi connectivity index (χ0) is 14.4. The molecule has 1 atom stereocenters. The van der Waals surface area contributed by atoms with Gasteiger partial charge in [0.05, 0.1) is 5.60 Å². The molecule has 0 amide bonds. The largest absolute Gasteiger partial charge is 0.388 e. The van der Waals surface area contributed by atoms with E-state index in [4.69, 9.17) is 4.74 Å². The molecule has 1 aromatic rings. The molecular formula is C17H27NO2. The van der Waals surface area contributed by atoms with Crippen LogP contribution in [0.15, 0.2) is 24.3 Å². The summed E-state index contributed by atoms with van der Waals surface area (Å²) in [5, 5.41) is 14.0. The molecule has 0 spiro atoms. The minimum absolute atomic E-state index is 0.313. The molecule has 1 fully saturated rings. The molecule has 1 saturated heterocycles. The van der Waals surface area contributed by atoms with Crippen LogP contribution in [-0.2, 0) is 11.2 Å². The first kappa shape index (κ1) is 15.5. The summed E-state index contributed by atoms with van der Waals surface area (Å²) in [5.74, 6) is 0. The molecule has 0 radical (unpaired) electrons. The fourth-order valence-electron chi connectivity index (χ4n) is 2.72. The Labute approximate surface area is 122 Å². The minimum Gasteiger partial charge on any atom is -0.388 e. The van der Waals surface area contributed by atoms with Gasteiger partial charge in [-0.1, -0.05) is 38.1 Å². The first-order chi connectivity index (χ1) is 9.67. The molecule has 20 heavy (non-hydrogen) atoms. The van der Waals surface area contributed by atoms with Gasteiger partial charge in [-0.2, -0.15) is 0 Å². The standard InChI is InChI=1S/C17H27NO2/c1-3-14-5-7-15(8-6-14)16(4-2)18-13-17(19)9-11-20-12-10-17/h5-8,16,18-19H,3-4,9-13H2,1-2H3. The van der Waals surface area contributed by atoms with Gasteiger partial charge in [0.2, 0.25) is 0 Å². The van der Waals surface area contributed by atoms with Crippen LogP contribution in [0.25, 0.3) is 0 Å². The summed E-state index contributed by atoms with van der Waals surface area (Å²) in [4.78, 5) is 0. The third-order valence-corrected chi connectivity index (χ3v) is 4.30. The fourth-order valence-corrected chi connectivity index (χ4v) is 2.72. The van der Waals surface area contributed by atoms with Gasteiger partial charge in [-0.05, 0) is 24.0 Å². The highest BCUT2D eigenvalue weighted by molar-refractivity contribution is 5.25. The summed E-state index contributed by atoms with van der Waals surface area (Å²) >= 11 is 0. The van der Waals surface area contributed by atoms with E-state index >= 15 is 0 Å². The number of rotatable bonds is 6. The van der Waals surface area contributed by atoms with E-state index in [1.807, 2.05) is 0 Å². The van der Waals surface area contributed by atoms with Crippen molar-refractivity contribution in [2.45, 2.75) is 51.2 Å². The zero-order valence-electron chi connectivity index (χ0n) is 12.7. The Bertz CT molecular complexity index is 396. The van der Waals surface area contributed by atoms with Crippen LogP contribution in [-0.4, -0.2) is 30.5 Å². The number of aryl methyl sites for hydroxylation is 1. The number of benzene rings is 1. The SMILES string of the molecule is CCc1ccc(C(CC)NCC2(O)CCOCC2)cc1. The maximum absolute atomic E-state index is 10.5. The molecule has 0 saturated carbocycles. The van der Waals surface area contributed by atoms with E-state index in [2.05, 4.69) is 43.4 Å². The van der Waals surface area contributed by atoms with Crippen LogP contribution in [0, 0.1) is 0 Å². The second-order valence-electron chi connectivity index (χ2n) is 5.77. The van der Waals surface area contributed by atoms with E-state index in [1.54, 1.807) is 0 Å². The normalized spacial score (nSPS) is 19.8. The number of hydrogen-bond donors (Lipinski definition) is 2. The van der Waals surface area contributed by atoms with E-state index in [-0.39, 0.29) is 0 Å². The summed E-state index contributed by atoms with van der Waals surface area (Å²) < 4.78 is 5.32. The highest BCUT2D eigenvalue weighted by Gasteiger charge is 2.30. The third-order valence-electron chi connectivity index (χ3n) is 4.30. The third kappa shape index (κ3) is 4.05. The molecule has 112 valence electrons. The van der Waals surface area contributed by atoms with Gasteiger partial charge < -0.3 is 15.2 Å². The molecule has 3 nitrogen and oxygen atoms in total. The monoisotopic (exact) mass is 277 g/mol. The predicted octanol–water partition coefficient (Wildman–Crippen LogP) is 2.83. The highest BCUT2D eigenvalue weighted by atomic mass is 16.5. The van der Waals surface area contributed by atoms with Gasteiger partial charge in [-0.25, -0.2) is 0 Å². The van der Waals surface area contributed by atoms with Gasteiger partial charge in [0, 0.05) is 38.6 Å². The first-order valence-electron chi connectivity index (χ1n) is 7.79. The molecule has 2 rings (SSSR count). The molecule has 1 aliphatic rings. The van der Waals surface area contributed by atoms with Gasteiger partial charge in [0.25, 0.3) is 0 Å². The Balaban J connectivity index is 1.94. The Morgan fingerprint density at radius 3 is 2.40 bits per heavy atom. The maximum atomic E-state index is 10.5. The van der Waals surface area contributed by atoms with Crippen molar-refractivity contribution in [1.82, 2.24) is 5.32 Å². The second-order valence-corrected chi connectivity index (χ2v) is 5.77. The summed E-state index contributed by atoms with van der Waals surface area (Å²) in [5.41, 5.74) is 2.07. The zero-order valence-corrected chi connectivity index (χ0v) is 12.7. The van der Waals surface area contributed by atoms with Gasteiger partial charge >= 0.3 is 0 Å². The van der Waals surface area contributed by atoms with E-state index in [0.717, 1.165) is 25.7 Å². The summed E-state index contributed by atoms with van der Waals surface area (Å²) in [6, 6.07) is 9.11. The van der Waals surface area contributed by atoms with Crippen LogP contribution < -0.4 is 5.32 Å². The van der Waals surface area contributed by atoms with Crippen molar-refractivity contribution in [1.29, 1.82) is 0 Å². The Kier molecular flexibility index (Phi) is 5.58. The maximum Gasteiger partial charge on any atom is 0.0815 e. The van der Waals surface area contributed by atoms with Crippen molar-refractivity contribution in [3.05, 3.63) is 35.4 Å². The Morgan fingerprint density at radius 2 is 1.85 bits per heavy atom. The smallest absolute Gasteiger partial charge is 0.0815 e. The fraction of sp³-hybridized carbons (Fsp3) is 0.647. The molecule has 1 heterocycles. The lowest BCUT2D eigenvalue weighted by molar-refractivity contribution is -0.0628. The molecule has 1 unspecified atom stereocenters. The van der Waals surface area contributed by atoms with E-state index in [9.17, 15) is 5.11 Å². The van der Waals surface area contributed by atoms with Crippen molar-refractivity contribution < 1.29 is 9.84 Å². The van der Waals surface area contributed by atoms with Gasteiger partial charge in [0.15, 0.2) is 0 Å². The average molecular weight is 277 g/mol. The lowest BCUT2D eigenvalue weighted by Crippen LogP contribution is -2.45. The Hall–Kier alpha value is -0.900. The quantitative estimate of drug-likeness (QED) is 0.840. The van der Waals surface area contributed by atoms with E-state index < -0.39 is 5.60 Å². The van der Waals surface area contributed by atoms with Crippen LogP contribution in [0.3, 0.4) is 0 Å². The van der Waals surface area contributed by atoms with Crippen molar-refractivity contribution in [3.8, 4) is 0 Å². The van der Waals surface area contributed by atoms with Gasteiger partial charge in [-0.15, -0.1) is 0 Å². The van der Waals surface area contributed by atoms with Crippen LogP contribution in [0.5, 0.6) is 0 Å². The van der Waals surface area contributed by atoms with Crippen LogP contribution in [0.1, 0.15) is 50.3 Å². The number of aliphatic hydroxyl groups is 1. The van der Waals surface area contributed by atoms with Crippen LogP contribution >= 0.6 is 0 Å². The van der Waals surface area contributed by atoms with E-state index in [1.165, 1.54) is 11.1 Å².